The first-order chi connectivity index (χ1) is 15.4. The van der Waals surface area contributed by atoms with Crippen molar-refractivity contribution in [1.82, 2.24) is 9.80 Å². The van der Waals surface area contributed by atoms with Crippen LogP contribution in [0, 0.1) is 17.3 Å². The molecule has 0 amide bonds. The molecule has 0 aromatic heterocycles. The zero-order valence-electron chi connectivity index (χ0n) is 24.7. The lowest BCUT2D eigenvalue weighted by Crippen LogP contribution is -2.65. The summed E-state index contributed by atoms with van der Waals surface area (Å²) in [5.41, 5.74) is -0.693. The molecule has 0 radical (unpaired) electrons. The first-order valence-electron chi connectivity index (χ1n) is 14.2. The van der Waals surface area contributed by atoms with Gasteiger partial charge in [0.15, 0.2) is 0 Å². The number of carboxylic acids is 1. The zero-order valence-corrected chi connectivity index (χ0v) is 24.7. The molecule has 200 valence electrons. The average molecular weight is 479 g/mol. The van der Waals surface area contributed by atoms with Gasteiger partial charge in [-0.2, -0.15) is 0 Å². The van der Waals surface area contributed by atoms with Gasteiger partial charge in [-0.25, -0.2) is 0 Å². The number of likely N-dealkylation sites (tertiary alicyclic amines) is 2. The minimum absolute atomic E-state index is 0.00919. The van der Waals surface area contributed by atoms with Crippen LogP contribution in [0.2, 0.25) is 0 Å². The highest BCUT2D eigenvalue weighted by atomic mass is 16.4. The monoisotopic (exact) mass is 478 g/mol. The molecule has 2 saturated heterocycles. The third-order valence-electron chi connectivity index (χ3n) is 10.4. The van der Waals surface area contributed by atoms with Gasteiger partial charge in [0.1, 0.15) is 0 Å². The van der Waals surface area contributed by atoms with E-state index in [4.69, 9.17) is 0 Å². The van der Waals surface area contributed by atoms with E-state index in [1.807, 2.05) is 0 Å². The van der Waals surface area contributed by atoms with Crippen molar-refractivity contribution in [2.45, 2.75) is 155 Å². The molecule has 0 unspecified atom stereocenters. The van der Waals surface area contributed by atoms with Crippen molar-refractivity contribution in [3.8, 4) is 0 Å². The van der Waals surface area contributed by atoms with Crippen molar-refractivity contribution in [1.29, 1.82) is 0 Å². The largest absolute Gasteiger partial charge is 0.481 e. The molecule has 4 heteroatoms. The van der Waals surface area contributed by atoms with Gasteiger partial charge in [0, 0.05) is 22.2 Å². The van der Waals surface area contributed by atoms with Gasteiger partial charge in [0.05, 0.1) is 5.41 Å². The minimum atomic E-state index is -0.656. The predicted octanol–water partition coefficient (Wildman–Crippen LogP) is 7.61. The number of nitrogens with zero attached hydrogens (tertiary/aromatic N) is 2. The Balaban J connectivity index is 2.49. The lowest BCUT2D eigenvalue weighted by molar-refractivity contribution is -0.176. The van der Waals surface area contributed by atoms with Crippen molar-refractivity contribution in [3.05, 3.63) is 0 Å². The highest BCUT2D eigenvalue weighted by Crippen LogP contribution is 2.58. The second-order valence-electron chi connectivity index (χ2n) is 14.4. The fourth-order valence-corrected chi connectivity index (χ4v) is 7.87. The molecule has 0 atom stereocenters. The summed E-state index contributed by atoms with van der Waals surface area (Å²) in [6.07, 6.45) is 11.9. The van der Waals surface area contributed by atoms with E-state index in [-0.39, 0.29) is 34.0 Å². The van der Waals surface area contributed by atoms with E-state index in [1.165, 1.54) is 25.7 Å². The second kappa shape index (κ2) is 10.4. The van der Waals surface area contributed by atoms with E-state index in [0.29, 0.717) is 0 Å². The Morgan fingerprint density at radius 1 is 0.706 bits per heavy atom. The molecule has 34 heavy (non-hydrogen) atoms. The van der Waals surface area contributed by atoms with E-state index in [1.54, 1.807) is 0 Å². The SMILES string of the molecule is CCCCCCCCC(C(=O)O)(C1CC(C)(C)N(C)C(C)(C)C1)C1CC(C)(C)N(C)C(C)(C)C1. The Hall–Kier alpha value is -0.610. The average Bonchev–Trinajstić information content (AvgIpc) is 2.68. The number of hydrogen-bond donors (Lipinski definition) is 1. The number of aliphatic carboxylic acids is 1. The van der Waals surface area contributed by atoms with Crippen molar-refractivity contribution in [3.63, 3.8) is 0 Å². The highest BCUT2D eigenvalue weighted by molar-refractivity contribution is 5.76. The van der Waals surface area contributed by atoms with Gasteiger partial charge in [-0.05, 0) is 113 Å². The third kappa shape index (κ3) is 5.85. The maximum absolute atomic E-state index is 13.6. The van der Waals surface area contributed by atoms with Crippen LogP contribution in [0.15, 0.2) is 0 Å². The van der Waals surface area contributed by atoms with Gasteiger partial charge in [0.25, 0.3) is 0 Å². The predicted molar refractivity (Wildman–Crippen MR) is 145 cm³/mol. The Labute approximate surface area is 212 Å². The fourth-order valence-electron chi connectivity index (χ4n) is 7.87. The molecule has 4 nitrogen and oxygen atoms in total. The molecule has 0 spiro atoms. The fraction of sp³-hybridized carbons (Fsp3) is 0.967. The summed E-state index contributed by atoms with van der Waals surface area (Å²) in [7, 11) is 4.46. The summed E-state index contributed by atoms with van der Waals surface area (Å²) < 4.78 is 0. The molecule has 0 saturated carbocycles. The minimum Gasteiger partial charge on any atom is -0.481 e. The van der Waals surface area contributed by atoms with E-state index in [2.05, 4.69) is 86.2 Å². The van der Waals surface area contributed by atoms with E-state index >= 15 is 0 Å². The molecule has 1 N–H and O–H groups in total. The van der Waals surface area contributed by atoms with Crippen LogP contribution in [0.1, 0.15) is 133 Å². The Kier molecular flexibility index (Phi) is 9.06. The molecular weight excluding hydrogens is 420 g/mol. The van der Waals surface area contributed by atoms with Crippen LogP contribution in [0.5, 0.6) is 0 Å². The molecule has 2 aliphatic rings. The Bertz CT molecular complexity index is 616. The zero-order chi connectivity index (χ0) is 26.2. The second-order valence-corrected chi connectivity index (χ2v) is 14.4. The van der Waals surface area contributed by atoms with Gasteiger partial charge in [-0.3, -0.25) is 14.6 Å². The summed E-state index contributed by atoms with van der Waals surface area (Å²) >= 11 is 0. The quantitative estimate of drug-likeness (QED) is 0.328. The van der Waals surface area contributed by atoms with Gasteiger partial charge in [-0.15, -0.1) is 0 Å². The van der Waals surface area contributed by atoms with Gasteiger partial charge >= 0.3 is 5.97 Å². The maximum atomic E-state index is 13.6. The molecule has 2 heterocycles. The number of hydrogen-bond acceptors (Lipinski definition) is 3. The summed E-state index contributed by atoms with van der Waals surface area (Å²) in [5, 5.41) is 11.2. The first-order valence-corrected chi connectivity index (χ1v) is 14.2. The Morgan fingerprint density at radius 3 is 1.35 bits per heavy atom. The molecular formula is C30H58N2O2. The van der Waals surface area contributed by atoms with Crippen LogP contribution >= 0.6 is 0 Å². The van der Waals surface area contributed by atoms with Crippen molar-refractivity contribution < 1.29 is 9.90 Å². The molecule has 0 bridgehead atoms. The van der Waals surface area contributed by atoms with Crippen LogP contribution < -0.4 is 0 Å². The molecule has 2 aliphatic heterocycles. The van der Waals surface area contributed by atoms with Crippen LogP contribution in [0.25, 0.3) is 0 Å². The summed E-state index contributed by atoms with van der Waals surface area (Å²) in [4.78, 5) is 18.6. The standard InChI is InChI=1S/C30H58N2O2/c1-12-13-14-15-16-17-18-30(25(33)34,23-19-26(2,3)31(10)27(4,5)20-23)24-21-28(6,7)32(11)29(8,9)22-24/h23-24H,12-22H2,1-11H3,(H,33,34). The normalized spacial score (nSPS) is 26.0. The van der Waals surface area contributed by atoms with Gasteiger partial charge in [0.2, 0.25) is 0 Å². The molecule has 0 aromatic carbocycles. The number of piperidine rings is 2. The highest BCUT2D eigenvalue weighted by Gasteiger charge is 2.60. The number of carboxylic acid groups (broad SMARTS) is 1. The Morgan fingerprint density at radius 2 is 1.03 bits per heavy atom. The smallest absolute Gasteiger partial charge is 0.310 e. The number of rotatable bonds is 10. The molecule has 2 rings (SSSR count). The van der Waals surface area contributed by atoms with Gasteiger partial charge < -0.3 is 5.11 Å². The van der Waals surface area contributed by atoms with Crippen LogP contribution in [0.3, 0.4) is 0 Å². The summed E-state index contributed by atoms with van der Waals surface area (Å²) in [5.74, 6) is -0.132. The topological polar surface area (TPSA) is 43.8 Å². The van der Waals surface area contributed by atoms with Crippen molar-refractivity contribution in [2.24, 2.45) is 17.3 Å². The van der Waals surface area contributed by atoms with E-state index in [0.717, 1.165) is 44.9 Å². The maximum Gasteiger partial charge on any atom is 0.310 e. The lowest BCUT2D eigenvalue weighted by Gasteiger charge is -2.61. The lowest BCUT2D eigenvalue weighted by atomic mass is 9.52. The van der Waals surface area contributed by atoms with Crippen LogP contribution in [-0.2, 0) is 4.79 Å². The van der Waals surface area contributed by atoms with Crippen molar-refractivity contribution in [2.75, 3.05) is 14.1 Å². The molecule has 0 aromatic rings. The molecule has 2 fully saturated rings. The van der Waals surface area contributed by atoms with E-state index in [9.17, 15) is 9.90 Å². The molecule has 0 aliphatic carbocycles. The summed E-state index contributed by atoms with van der Waals surface area (Å²) in [6, 6.07) is 0. The van der Waals surface area contributed by atoms with Gasteiger partial charge in [-0.1, -0.05) is 45.4 Å². The number of unbranched alkanes of at least 4 members (excludes halogenated alkanes) is 5. The summed E-state index contributed by atoms with van der Waals surface area (Å²) in [6.45, 7) is 20.8. The number of carbonyl (C=O) groups is 1. The van der Waals surface area contributed by atoms with Crippen LogP contribution in [-0.4, -0.2) is 57.1 Å². The van der Waals surface area contributed by atoms with Crippen molar-refractivity contribution >= 4 is 5.97 Å². The van der Waals surface area contributed by atoms with Crippen LogP contribution in [0.4, 0.5) is 0 Å². The first kappa shape index (κ1) is 29.6. The third-order valence-corrected chi connectivity index (χ3v) is 10.4. The van der Waals surface area contributed by atoms with E-state index < -0.39 is 11.4 Å².